The fraction of sp³-hybridized carbons (Fsp3) is 0.414. The van der Waals surface area contributed by atoms with Crippen LogP contribution in [-0.4, -0.2) is 41.5 Å². The Morgan fingerprint density at radius 1 is 1.00 bits per heavy atom. The van der Waals surface area contributed by atoms with Crippen molar-refractivity contribution in [1.82, 2.24) is 10.2 Å². The highest BCUT2D eigenvalue weighted by atomic mass is 16.6. The lowest BCUT2D eigenvalue weighted by atomic mass is 9.98. The molecule has 0 aromatic heterocycles. The number of nitrogens with one attached hydrogen (secondary N) is 2. The summed E-state index contributed by atoms with van der Waals surface area (Å²) in [7, 11) is 1.55. The summed E-state index contributed by atoms with van der Waals surface area (Å²) in [5.41, 5.74) is 3.05. The topological polar surface area (TPSA) is 87.7 Å². The highest BCUT2D eigenvalue weighted by molar-refractivity contribution is 5.99. The van der Waals surface area contributed by atoms with Crippen LogP contribution >= 0.6 is 0 Å². The van der Waals surface area contributed by atoms with Crippen LogP contribution in [0.1, 0.15) is 62.9 Å². The number of likely N-dealkylation sites (N-methyl/N-ethyl adjacent to an activating group) is 1. The Morgan fingerprint density at radius 2 is 1.56 bits per heavy atom. The van der Waals surface area contributed by atoms with Gasteiger partial charge in [0.15, 0.2) is 0 Å². The maximum Gasteiger partial charge on any atom is 0.408 e. The van der Waals surface area contributed by atoms with Crippen LogP contribution < -0.4 is 10.6 Å². The van der Waals surface area contributed by atoms with Crippen LogP contribution in [0.4, 0.5) is 10.5 Å². The zero-order chi connectivity index (χ0) is 27.2. The second-order valence-corrected chi connectivity index (χ2v) is 10.2. The molecular weight excluding hydrogens is 454 g/mol. The van der Waals surface area contributed by atoms with Gasteiger partial charge in [-0.3, -0.25) is 9.59 Å². The van der Waals surface area contributed by atoms with Gasteiger partial charge in [0, 0.05) is 18.3 Å². The molecule has 0 heterocycles. The molecule has 2 aromatic rings. The molecule has 2 rings (SSSR count). The maximum absolute atomic E-state index is 13.7. The number of hydrogen-bond acceptors (Lipinski definition) is 4. The number of ether oxygens (including phenoxy) is 1. The molecule has 0 aliphatic heterocycles. The molecule has 0 aliphatic rings. The van der Waals surface area contributed by atoms with Gasteiger partial charge < -0.3 is 20.3 Å². The number of amides is 3. The fourth-order valence-electron chi connectivity index (χ4n) is 3.81. The lowest BCUT2D eigenvalue weighted by Crippen LogP contribution is -2.53. The van der Waals surface area contributed by atoms with E-state index < -0.39 is 29.7 Å². The van der Waals surface area contributed by atoms with Crippen molar-refractivity contribution in [2.75, 3.05) is 12.4 Å². The van der Waals surface area contributed by atoms with Gasteiger partial charge in [-0.2, -0.15) is 0 Å². The van der Waals surface area contributed by atoms with Crippen molar-refractivity contribution in [1.29, 1.82) is 0 Å². The Hall–Kier alpha value is -3.79. The molecule has 7 nitrogen and oxygen atoms in total. The first-order chi connectivity index (χ1) is 16.7. The van der Waals surface area contributed by atoms with Crippen molar-refractivity contribution in [2.24, 2.45) is 5.92 Å². The molecule has 2 aromatic carbocycles. The molecule has 0 spiro atoms. The molecule has 0 radical (unpaired) electrons. The Bertz CT molecular complexity index is 1120. The summed E-state index contributed by atoms with van der Waals surface area (Å²) in [5.74, 6) is 1.51. The van der Waals surface area contributed by atoms with Crippen molar-refractivity contribution in [3.05, 3.63) is 64.7 Å². The summed E-state index contributed by atoms with van der Waals surface area (Å²) in [6.07, 6.45) is 4.80. The van der Waals surface area contributed by atoms with Crippen LogP contribution in [0, 0.1) is 32.1 Å². The molecule has 2 unspecified atom stereocenters. The monoisotopic (exact) mass is 491 g/mol. The normalized spacial score (nSPS) is 12.8. The molecular formula is C29H37N3O4. The van der Waals surface area contributed by atoms with Crippen LogP contribution in [-0.2, 0) is 14.3 Å². The van der Waals surface area contributed by atoms with Crippen LogP contribution in [0.5, 0.6) is 0 Å². The number of rotatable bonds is 7. The lowest BCUT2D eigenvalue weighted by molar-refractivity contribution is -0.140. The van der Waals surface area contributed by atoms with Gasteiger partial charge in [-0.25, -0.2) is 4.79 Å². The number of carbonyl (C=O) groups excluding carboxylic acids is 3. The first-order valence-electron chi connectivity index (χ1n) is 11.9. The van der Waals surface area contributed by atoms with Crippen molar-refractivity contribution in [2.45, 2.75) is 66.2 Å². The Balaban J connectivity index is 2.43. The number of nitrogens with zero attached hydrogens (tertiary/aromatic N) is 1. The van der Waals surface area contributed by atoms with E-state index in [0.29, 0.717) is 16.8 Å². The van der Waals surface area contributed by atoms with E-state index in [2.05, 4.69) is 16.6 Å². The molecule has 0 saturated carbocycles. The largest absolute Gasteiger partial charge is 0.444 e. The summed E-state index contributed by atoms with van der Waals surface area (Å²) in [5, 5.41) is 5.67. The number of terminal acetylenes is 1. The average molecular weight is 492 g/mol. The van der Waals surface area contributed by atoms with Crippen LogP contribution in [0.15, 0.2) is 42.5 Å². The number of anilines is 1. The number of alkyl carbamates (subject to hydrolysis) is 1. The number of para-hydroxylation sites is 1. The van der Waals surface area contributed by atoms with Gasteiger partial charge in [-0.1, -0.05) is 50.1 Å². The molecule has 0 fully saturated rings. The zero-order valence-corrected chi connectivity index (χ0v) is 22.4. The predicted molar refractivity (Wildman–Crippen MR) is 142 cm³/mol. The van der Waals surface area contributed by atoms with Gasteiger partial charge in [0.2, 0.25) is 5.91 Å². The number of aryl methyl sites for hydroxylation is 2. The van der Waals surface area contributed by atoms with E-state index >= 15 is 0 Å². The maximum atomic E-state index is 13.7. The van der Waals surface area contributed by atoms with Crippen molar-refractivity contribution in [3.8, 4) is 12.3 Å². The van der Waals surface area contributed by atoms with Gasteiger partial charge in [-0.15, -0.1) is 6.42 Å². The lowest BCUT2D eigenvalue weighted by Gasteiger charge is -2.33. The minimum Gasteiger partial charge on any atom is -0.444 e. The Morgan fingerprint density at radius 3 is 2.03 bits per heavy atom. The number of carbonyl (C=O) groups is 3. The van der Waals surface area contributed by atoms with Gasteiger partial charge >= 0.3 is 6.09 Å². The summed E-state index contributed by atoms with van der Waals surface area (Å²) in [6.45, 7) is 12.7. The van der Waals surface area contributed by atoms with Crippen LogP contribution in [0.3, 0.4) is 0 Å². The van der Waals surface area contributed by atoms with Crippen molar-refractivity contribution in [3.63, 3.8) is 0 Å². The van der Waals surface area contributed by atoms with E-state index in [1.54, 1.807) is 52.1 Å². The number of hydrogen-bond donors (Lipinski definition) is 2. The molecule has 2 N–H and O–H groups in total. The Labute approximate surface area is 214 Å². The van der Waals surface area contributed by atoms with E-state index in [1.165, 1.54) is 4.90 Å². The summed E-state index contributed by atoms with van der Waals surface area (Å²) >= 11 is 0. The highest BCUT2D eigenvalue weighted by Crippen LogP contribution is 2.27. The van der Waals surface area contributed by atoms with E-state index in [0.717, 1.165) is 11.1 Å². The second kappa shape index (κ2) is 11.8. The molecule has 3 amide bonds. The number of benzene rings is 2. The summed E-state index contributed by atoms with van der Waals surface area (Å²) < 4.78 is 5.35. The van der Waals surface area contributed by atoms with Crippen molar-refractivity contribution >= 4 is 23.6 Å². The zero-order valence-electron chi connectivity index (χ0n) is 22.4. The average Bonchev–Trinajstić information content (AvgIpc) is 2.78. The minimum absolute atomic E-state index is 0.251. The quantitative estimate of drug-likeness (QED) is 0.535. The summed E-state index contributed by atoms with van der Waals surface area (Å²) in [4.78, 5) is 41.1. The first-order valence-corrected chi connectivity index (χ1v) is 11.9. The molecule has 36 heavy (non-hydrogen) atoms. The minimum atomic E-state index is -0.968. The Kier molecular flexibility index (Phi) is 9.29. The van der Waals surface area contributed by atoms with E-state index in [1.807, 2.05) is 45.9 Å². The SMILES string of the molecule is C#Cc1ccc(C(C(=O)Nc2c(C)cccc2C)N(C)C(=O)C(NC(=O)OC(C)(C)C)C(C)C)cc1. The molecule has 7 heteroatoms. The third-order valence-corrected chi connectivity index (χ3v) is 5.71. The molecule has 0 saturated heterocycles. The molecule has 192 valence electrons. The van der Waals surface area contributed by atoms with E-state index in [-0.39, 0.29) is 11.8 Å². The van der Waals surface area contributed by atoms with Crippen molar-refractivity contribution < 1.29 is 19.1 Å². The predicted octanol–water partition coefficient (Wildman–Crippen LogP) is 4.97. The smallest absolute Gasteiger partial charge is 0.408 e. The van der Waals surface area contributed by atoms with Gasteiger partial charge in [0.1, 0.15) is 17.7 Å². The second-order valence-electron chi connectivity index (χ2n) is 10.2. The van der Waals surface area contributed by atoms with Gasteiger partial charge in [0.05, 0.1) is 0 Å². The molecule has 0 bridgehead atoms. The van der Waals surface area contributed by atoms with E-state index in [4.69, 9.17) is 11.2 Å². The third kappa shape index (κ3) is 7.35. The van der Waals surface area contributed by atoms with Gasteiger partial charge in [0.25, 0.3) is 5.91 Å². The van der Waals surface area contributed by atoms with Crippen LogP contribution in [0.2, 0.25) is 0 Å². The van der Waals surface area contributed by atoms with Crippen LogP contribution in [0.25, 0.3) is 0 Å². The first kappa shape index (κ1) is 28.4. The third-order valence-electron chi connectivity index (χ3n) is 5.71. The molecule has 2 atom stereocenters. The molecule has 0 aliphatic carbocycles. The standard InChI is InChI=1S/C29H37N3O4/c1-10-21-14-16-22(17-15-21)25(26(33)30-24-19(4)12-11-13-20(24)5)32(9)27(34)23(18(2)3)31-28(35)36-29(6,7)8/h1,11-18,23,25H,2-9H3,(H,30,33)(H,31,35). The van der Waals surface area contributed by atoms with E-state index in [9.17, 15) is 14.4 Å². The van der Waals surface area contributed by atoms with Gasteiger partial charge in [-0.05, 0) is 69.4 Å². The highest BCUT2D eigenvalue weighted by Gasteiger charge is 2.35. The fourth-order valence-corrected chi connectivity index (χ4v) is 3.81. The summed E-state index contributed by atoms with van der Waals surface area (Å²) in [6, 6.07) is 10.8.